The second-order valence-corrected chi connectivity index (χ2v) is 4.45. The van der Waals surface area contributed by atoms with Crippen LogP contribution in [-0.4, -0.2) is 7.11 Å². The molecule has 0 radical (unpaired) electrons. The minimum absolute atomic E-state index is 0.0525. The van der Waals surface area contributed by atoms with Crippen molar-refractivity contribution in [3.63, 3.8) is 0 Å². The number of nitrogens with zero attached hydrogens (tertiary/aromatic N) is 1. The first-order valence-electron chi connectivity index (χ1n) is 6.24. The minimum atomic E-state index is -0.376. The van der Waals surface area contributed by atoms with Crippen molar-refractivity contribution < 1.29 is 9.13 Å². The summed E-state index contributed by atoms with van der Waals surface area (Å²) in [6, 6.07) is 14.0. The highest BCUT2D eigenvalue weighted by Crippen LogP contribution is 2.24. The van der Waals surface area contributed by atoms with Crippen molar-refractivity contribution in [1.82, 2.24) is 0 Å². The summed E-state index contributed by atoms with van der Waals surface area (Å²) in [5.41, 5.74) is 2.32. The van der Waals surface area contributed by atoms with E-state index in [0.717, 1.165) is 11.3 Å². The number of hydrogen-bond acceptors (Lipinski definition) is 3. The molecule has 0 spiro atoms. The summed E-state index contributed by atoms with van der Waals surface area (Å²) in [5, 5.41) is 12.0. The molecule has 4 heteroatoms. The van der Waals surface area contributed by atoms with E-state index in [1.54, 1.807) is 18.2 Å². The van der Waals surface area contributed by atoms with E-state index >= 15 is 0 Å². The number of anilines is 1. The molecule has 0 amide bonds. The Labute approximate surface area is 117 Å². The standard InChI is InChI=1S/C16H15FN2O/c1-11(13-5-8-16(20-2)15(17)9-13)19-14-6-3-12(10-18)4-7-14/h3-9,11,19H,1-2H3. The first-order chi connectivity index (χ1) is 9.63. The lowest BCUT2D eigenvalue weighted by Gasteiger charge is -2.16. The number of ether oxygens (including phenoxy) is 1. The Morgan fingerprint density at radius 3 is 2.45 bits per heavy atom. The zero-order chi connectivity index (χ0) is 14.5. The molecular formula is C16H15FN2O. The monoisotopic (exact) mass is 270 g/mol. The van der Waals surface area contributed by atoms with Crippen LogP contribution in [-0.2, 0) is 0 Å². The summed E-state index contributed by atoms with van der Waals surface area (Å²) < 4.78 is 18.6. The van der Waals surface area contributed by atoms with E-state index in [1.165, 1.54) is 13.2 Å². The summed E-state index contributed by atoms with van der Waals surface area (Å²) in [6.07, 6.45) is 0. The second kappa shape index (κ2) is 6.07. The van der Waals surface area contributed by atoms with Crippen molar-refractivity contribution in [3.8, 4) is 11.8 Å². The van der Waals surface area contributed by atoms with Gasteiger partial charge >= 0.3 is 0 Å². The van der Waals surface area contributed by atoms with Crippen molar-refractivity contribution in [2.45, 2.75) is 13.0 Å². The molecule has 0 heterocycles. The molecule has 0 aliphatic carbocycles. The highest BCUT2D eigenvalue weighted by atomic mass is 19.1. The van der Waals surface area contributed by atoms with Crippen molar-refractivity contribution in [2.75, 3.05) is 12.4 Å². The number of rotatable bonds is 4. The van der Waals surface area contributed by atoms with Gasteiger partial charge in [0.25, 0.3) is 0 Å². The summed E-state index contributed by atoms with van der Waals surface area (Å²) in [6.45, 7) is 1.94. The van der Waals surface area contributed by atoms with E-state index < -0.39 is 0 Å². The Morgan fingerprint density at radius 2 is 1.90 bits per heavy atom. The Balaban J connectivity index is 2.13. The van der Waals surface area contributed by atoms with E-state index in [9.17, 15) is 4.39 Å². The van der Waals surface area contributed by atoms with Gasteiger partial charge in [-0.1, -0.05) is 6.07 Å². The van der Waals surface area contributed by atoms with Crippen LogP contribution >= 0.6 is 0 Å². The minimum Gasteiger partial charge on any atom is -0.494 e. The molecule has 2 aromatic carbocycles. The maximum atomic E-state index is 13.7. The van der Waals surface area contributed by atoms with Gasteiger partial charge in [0.15, 0.2) is 11.6 Å². The van der Waals surface area contributed by atoms with E-state index in [-0.39, 0.29) is 17.6 Å². The number of nitrogens with one attached hydrogen (secondary N) is 1. The molecule has 0 saturated carbocycles. The van der Waals surface area contributed by atoms with Gasteiger partial charge in [-0.3, -0.25) is 0 Å². The van der Waals surface area contributed by atoms with Gasteiger partial charge in [-0.15, -0.1) is 0 Å². The van der Waals surface area contributed by atoms with Crippen LogP contribution in [0.4, 0.5) is 10.1 Å². The van der Waals surface area contributed by atoms with Gasteiger partial charge in [0.1, 0.15) is 0 Å². The van der Waals surface area contributed by atoms with Crippen LogP contribution in [0.2, 0.25) is 0 Å². The van der Waals surface area contributed by atoms with Crippen molar-refractivity contribution in [3.05, 3.63) is 59.4 Å². The molecule has 0 saturated heterocycles. The van der Waals surface area contributed by atoms with Crippen LogP contribution in [0, 0.1) is 17.1 Å². The zero-order valence-electron chi connectivity index (χ0n) is 11.4. The maximum Gasteiger partial charge on any atom is 0.165 e. The lowest BCUT2D eigenvalue weighted by Crippen LogP contribution is -2.07. The van der Waals surface area contributed by atoms with Gasteiger partial charge in [-0.2, -0.15) is 5.26 Å². The number of halogens is 1. The number of nitriles is 1. The van der Waals surface area contributed by atoms with Gasteiger partial charge in [0, 0.05) is 11.7 Å². The molecule has 2 aromatic rings. The Hall–Kier alpha value is -2.54. The van der Waals surface area contributed by atoms with Gasteiger partial charge in [0.2, 0.25) is 0 Å². The van der Waals surface area contributed by atoms with E-state index in [4.69, 9.17) is 10.00 Å². The molecule has 0 aromatic heterocycles. The SMILES string of the molecule is COc1ccc(C(C)Nc2ccc(C#N)cc2)cc1F. The van der Waals surface area contributed by atoms with Crippen molar-refractivity contribution in [1.29, 1.82) is 5.26 Å². The lowest BCUT2D eigenvalue weighted by molar-refractivity contribution is 0.386. The molecule has 1 unspecified atom stereocenters. The summed E-state index contributed by atoms with van der Waals surface area (Å²) >= 11 is 0. The smallest absolute Gasteiger partial charge is 0.165 e. The third kappa shape index (κ3) is 3.07. The maximum absolute atomic E-state index is 13.7. The molecular weight excluding hydrogens is 255 g/mol. The fourth-order valence-corrected chi connectivity index (χ4v) is 1.93. The predicted octanol–water partition coefficient (Wildman–Crippen LogP) is 3.88. The highest BCUT2D eigenvalue weighted by Gasteiger charge is 2.09. The van der Waals surface area contributed by atoms with Crippen molar-refractivity contribution >= 4 is 5.69 Å². The number of methoxy groups -OCH3 is 1. The zero-order valence-corrected chi connectivity index (χ0v) is 11.4. The molecule has 1 atom stereocenters. The summed E-state index contributed by atoms with van der Waals surface area (Å²) in [4.78, 5) is 0. The number of benzene rings is 2. The topological polar surface area (TPSA) is 45.0 Å². The van der Waals surface area contributed by atoms with Gasteiger partial charge < -0.3 is 10.1 Å². The molecule has 0 aliphatic heterocycles. The summed E-state index contributed by atoms with van der Waals surface area (Å²) in [5.74, 6) is -0.141. The van der Waals surface area contributed by atoms with Gasteiger partial charge in [0.05, 0.1) is 18.7 Å². The van der Waals surface area contributed by atoms with Crippen LogP contribution in [0.25, 0.3) is 0 Å². The molecule has 20 heavy (non-hydrogen) atoms. The van der Waals surface area contributed by atoms with Crippen LogP contribution in [0.3, 0.4) is 0 Å². The Bertz CT molecular complexity index is 632. The van der Waals surface area contributed by atoms with Crippen molar-refractivity contribution in [2.24, 2.45) is 0 Å². The second-order valence-electron chi connectivity index (χ2n) is 4.45. The molecule has 0 fully saturated rings. The Kier molecular flexibility index (Phi) is 4.21. The molecule has 102 valence electrons. The van der Waals surface area contributed by atoms with Crippen LogP contribution in [0.15, 0.2) is 42.5 Å². The quantitative estimate of drug-likeness (QED) is 0.917. The van der Waals surface area contributed by atoms with Gasteiger partial charge in [-0.25, -0.2) is 4.39 Å². The Morgan fingerprint density at radius 1 is 1.20 bits per heavy atom. The third-order valence-electron chi connectivity index (χ3n) is 3.07. The summed E-state index contributed by atoms with van der Waals surface area (Å²) in [7, 11) is 1.44. The van der Waals surface area contributed by atoms with E-state index in [1.807, 2.05) is 25.1 Å². The first kappa shape index (κ1) is 13.9. The first-order valence-corrected chi connectivity index (χ1v) is 6.24. The normalized spacial score (nSPS) is 11.5. The molecule has 0 bridgehead atoms. The largest absolute Gasteiger partial charge is 0.494 e. The van der Waals surface area contributed by atoms with Crippen LogP contribution in [0.1, 0.15) is 24.1 Å². The third-order valence-corrected chi connectivity index (χ3v) is 3.07. The lowest BCUT2D eigenvalue weighted by atomic mass is 10.1. The van der Waals surface area contributed by atoms with Crippen LogP contribution < -0.4 is 10.1 Å². The fourth-order valence-electron chi connectivity index (χ4n) is 1.93. The highest BCUT2D eigenvalue weighted by molar-refractivity contribution is 5.49. The molecule has 2 rings (SSSR count). The van der Waals surface area contributed by atoms with Gasteiger partial charge in [-0.05, 0) is 48.9 Å². The number of hydrogen-bond donors (Lipinski definition) is 1. The molecule has 1 N–H and O–H groups in total. The molecule has 3 nitrogen and oxygen atoms in total. The predicted molar refractivity (Wildman–Crippen MR) is 76.1 cm³/mol. The fraction of sp³-hybridized carbons (Fsp3) is 0.188. The van der Waals surface area contributed by atoms with Crippen LogP contribution in [0.5, 0.6) is 5.75 Å². The molecule has 0 aliphatic rings. The van der Waals surface area contributed by atoms with E-state index in [0.29, 0.717) is 5.56 Å². The van der Waals surface area contributed by atoms with E-state index in [2.05, 4.69) is 11.4 Å². The average Bonchev–Trinajstić information content (AvgIpc) is 2.48. The average molecular weight is 270 g/mol.